The molecule has 1 aromatic rings. The summed E-state index contributed by atoms with van der Waals surface area (Å²) >= 11 is 1.58. The van der Waals surface area contributed by atoms with Crippen LogP contribution in [0.5, 0.6) is 0 Å². The summed E-state index contributed by atoms with van der Waals surface area (Å²) < 4.78 is 25.5. The van der Waals surface area contributed by atoms with Crippen LogP contribution in [0, 0.1) is 13.8 Å². The number of oxime groups is 1. The standard InChI is InChI=1S/C22H27NO5S2/c1-5-10-29-18-8-6-7-17(24)20(18)21(25)15-12-13(2)22-19(14(15)3)16(23-28-4)9-11-30(22,26)27/h12H,5-11H2,1-4H3. The number of ketones is 2. The Morgan fingerprint density at radius 3 is 2.63 bits per heavy atom. The van der Waals surface area contributed by atoms with Crippen LogP contribution >= 0.6 is 11.8 Å². The lowest BCUT2D eigenvalue weighted by atomic mass is 9.86. The molecule has 0 fully saturated rings. The number of allylic oxidation sites excluding steroid dienone is 2. The van der Waals surface area contributed by atoms with Gasteiger partial charge in [0.25, 0.3) is 0 Å². The molecule has 8 heteroatoms. The number of nitrogens with zero attached hydrogens (tertiary/aromatic N) is 1. The maximum atomic E-state index is 13.6. The second-order valence-corrected chi connectivity index (χ2v) is 10.8. The molecule has 0 saturated carbocycles. The number of hydrogen-bond acceptors (Lipinski definition) is 7. The smallest absolute Gasteiger partial charge is 0.197 e. The molecule has 0 atom stereocenters. The number of thioether (sulfide) groups is 1. The van der Waals surface area contributed by atoms with E-state index >= 15 is 0 Å². The average Bonchev–Trinajstić information content (AvgIpc) is 2.69. The molecule has 1 aromatic carbocycles. The van der Waals surface area contributed by atoms with Crippen molar-refractivity contribution in [1.29, 1.82) is 0 Å². The SMILES string of the molecule is CCCSC1=C(C(=O)c2cc(C)c3c(c2C)C(=NOC)CCS3(=O)=O)C(=O)CCC1. The molecule has 0 radical (unpaired) electrons. The third-order valence-electron chi connectivity index (χ3n) is 5.45. The lowest BCUT2D eigenvalue weighted by Gasteiger charge is -2.24. The van der Waals surface area contributed by atoms with Gasteiger partial charge in [0.15, 0.2) is 21.4 Å². The Balaban J connectivity index is 2.23. The summed E-state index contributed by atoms with van der Waals surface area (Å²) in [5.74, 6) is 0.362. The highest BCUT2D eigenvalue weighted by Gasteiger charge is 2.35. The summed E-state index contributed by atoms with van der Waals surface area (Å²) in [6.45, 7) is 5.48. The summed E-state index contributed by atoms with van der Waals surface area (Å²) in [5, 5.41) is 4.03. The van der Waals surface area contributed by atoms with E-state index in [4.69, 9.17) is 4.84 Å². The van der Waals surface area contributed by atoms with E-state index in [0.717, 1.165) is 29.9 Å². The molecular weight excluding hydrogens is 422 g/mol. The van der Waals surface area contributed by atoms with E-state index in [-0.39, 0.29) is 34.2 Å². The summed E-state index contributed by atoms with van der Waals surface area (Å²) in [7, 11) is -2.07. The monoisotopic (exact) mass is 449 g/mol. The quantitative estimate of drug-likeness (QED) is 0.368. The highest BCUT2D eigenvalue weighted by molar-refractivity contribution is 8.03. The van der Waals surface area contributed by atoms with Gasteiger partial charge in [-0.2, -0.15) is 0 Å². The molecule has 1 aliphatic carbocycles. The Bertz CT molecular complexity index is 1070. The van der Waals surface area contributed by atoms with Gasteiger partial charge in [0, 0.05) is 24.0 Å². The summed E-state index contributed by atoms with van der Waals surface area (Å²) in [5.41, 5.74) is 2.62. The first-order valence-corrected chi connectivity index (χ1v) is 12.8. The van der Waals surface area contributed by atoms with Crippen LogP contribution in [0.2, 0.25) is 0 Å². The minimum Gasteiger partial charge on any atom is -0.399 e. The molecule has 0 spiro atoms. The Labute approximate surface area is 182 Å². The highest BCUT2D eigenvalue weighted by Crippen LogP contribution is 2.37. The first kappa shape index (κ1) is 22.7. The summed E-state index contributed by atoms with van der Waals surface area (Å²) in [6, 6.07) is 1.61. The zero-order valence-corrected chi connectivity index (χ0v) is 19.5. The van der Waals surface area contributed by atoms with Gasteiger partial charge in [-0.1, -0.05) is 12.1 Å². The Kier molecular flexibility index (Phi) is 6.87. The van der Waals surface area contributed by atoms with Gasteiger partial charge >= 0.3 is 0 Å². The van der Waals surface area contributed by atoms with Crippen molar-refractivity contribution in [3.8, 4) is 0 Å². The summed E-state index contributed by atoms with van der Waals surface area (Å²) in [6.07, 6.45) is 3.03. The predicted octanol–water partition coefficient (Wildman–Crippen LogP) is 4.16. The van der Waals surface area contributed by atoms with Gasteiger partial charge in [-0.25, -0.2) is 8.42 Å². The molecule has 0 unspecified atom stereocenters. The van der Waals surface area contributed by atoms with E-state index in [2.05, 4.69) is 12.1 Å². The van der Waals surface area contributed by atoms with Crippen molar-refractivity contribution in [3.63, 3.8) is 0 Å². The molecule has 0 aromatic heterocycles. The van der Waals surface area contributed by atoms with Crippen molar-refractivity contribution in [1.82, 2.24) is 0 Å². The highest BCUT2D eigenvalue weighted by atomic mass is 32.2. The molecule has 0 bridgehead atoms. The first-order chi connectivity index (χ1) is 14.2. The van der Waals surface area contributed by atoms with E-state index in [1.54, 1.807) is 31.7 Å². The molecule has 30 heavy (non-hydrogen) atoms. The van der Waals surface area contributed by atoms with Gasteiger partial charge < -0.3 is 4.84 Å². The van der Waals surface area contributed by atoms with E-state index in [1.807, 2.05) is 0 Å². The van der Waals surface area contributed by atoms with Crippen LogP contribution in [0.25, 0.3) is 0 Å². The fourth-order valence-electron chi connectivity index (χ4n) is 4.11. The molecule has 0 N–H and O–H groups in total. The lowest BCUT2D eigenvalue weighted by Crippen LogP contribution is -2.27. The fraction of sp³-hybridized carbons (Fsp3) is 0.500. The number of rotatable bonds is 6. The fourth-order valence-corrected chi connectivity index (χ4v) is 7.00. The molecule has 3 rings (SSSR count). The molecule has 2 aliphatic rings. The van der Waals surface area contributed by atoms with Gasteiger partial charge in [0.05, 0.1) is 21.9 Å². The van der Waals surface area contributed by atoms with Crippen molar-refractivity contribution < 1.29 is 22.8 Å². The van der Waals surface area contributed by atoms with E-state index in [9.17, 15) is 18.0 Å². The van der Waals surface area contributed by atoms with Crippen molar-refractivity contribution in [3.05, 3.63) is 38.8 Å². The molecular formula is C22H27NO5S2. The maximum absolute atomic E-state index is 13.6. The van der Waals surface area contributed by atoms with Crippen LogP contribution in [-0.2, 0) is 19.5 Å². The van der Waals surface area contributed by atoms with Crippen molar-refractivity contribution in [2.75, 3.05) is 18.6 Å². The number of benzene rings is 1. The van der Waals surface area contributed by atoms with Crippen molar-refractivity contribution in [2.24, 2.45) is 5.16 Å². The minimum atomic E-state index is -3.48. The Morgan fingerprint density at radius 2 is 1.97 bits per heavy atom. The number of carbonyl (C=O) groups excluding carboxylic acids is 2. The van der Waals surface area contributed by atoms with Crippen LogP contribution < -0.4 is 0 Å². The Hall–Kier alpha value is -1.93. The number of Topliss-reactive ketones (excluding diaryl/α,β-unsaturated/α-hetero) is 2. The second-order valence-electron chi connectivity index (χ2n) is 7.61. The van der Waals surface area contributed by atoms with Gasteiger partial charge in [-0.3, -0.25) is 9.59 Å². The number of hydrogen-bond donors (Lipinski definition) is 0. The molecule has 162 valence electrons. The van der Waals surface area contributed by atoms with Crippen LogP contribution in [0.4, 0.5) is 0 Å². The molecule has 6 nitrogen and oxygen atoms in total. The number of fused-ring (bicyclic) bond motifs is 1. The van der Waals surface area contributed by atoms with E-state index in [0.29, 0.717) is 34.4 Å². The largest absolute Gasteiger partial charge is 0.399 e. The van der Waals surface area contributed by atoms with Gasteiger partial charge in [0.1, 0.15) is 7.11 Å². The van der Waals surface area contributed by atoms with Crippen LogP contribution in [-0.4, -0.2) is 44.3 Å². The van der Waals surface area contributed by atoms with Crippen LogP contribution in [0.1, 0.15) is 66.1 Å². The normalized spacial score (nSPS) is 19.7. The molecule has 1 aliphatic heterocycles. The lowest BCUT2D eigenvalue weighted by molar-refractivity contribution is -0.115. The topological polar surface area (TPSA) is 89.9 Å². The van der Waals surface area contributed by atoms with Gasteiger partial charge in [-0.05, 0) is 61.0 Å². The van der Waals surface area contributed by atoms with Crippen LogP contribution in [0.15, 0.2) is 26.6 Å². The van der Waals surface area contributed by atoms with Crippen molar-refractivity contribution >= 4 is 38.9 Å². The van der Waals surface area contributed by atoms with Crippen LogP contribution in [0.3, 0.4) is 0 Å². The predicted molar refractivity (Wildman–Crippen MR) is 119 cm³/mol. The van der Waals surface area contributed by atoms with Gasteiger partial charge in [0.2, 0.25) is 0 Å². The Morgan fingerprint density at radius 1 is 1.23 bits per heavy atom. The summed E-state index contributed by atoms with van der Waals surface area (Å²) in [4.78, 5) is 32.3. The second kappa shape index (κ2) is 9.06. The zero-order valence-electron chi connectivity index (χ0n) is 17.8. The molecule has 0 amide bonds. The van der Waals surface area contributed by atoms with Crippen molar-refractivity contribution in [2.45, 2.75) is 57.8 Å². The third kappa shape index (κ3) is 4.12. The van der Waals surface area contributed by atoms with Gasteiger partial charge in [-0.15, -0.1) is 11.8 Å². The van der Waals surface area contributed by atoms with E-state index < -0.39 is 9.84 Å². The maximum Gasteiger partial charge on any atom is 0.197 e. The number of aryl methyl sites for hydroxylation is 1. The first-order valence-electron chi connectivity index (χ1n) is 10.1. The zero-order chi connectivity index (χ0) is 22.1. The number of carbonyl (C=O) groups is 2. The minimum absolute atomic E-state index is 0.0444. The third-order valence-corrected chi connectivity index (χ3v) is 8.71. The average molecular weight is 450 g/mol. The van der Waals surface area contributed by atoms with E-state index in [1.165, 1.54) is 7.11 Å². The number of sulfone groups is 1. The molecule has 0 saturated heterocycles. The molecule has 1 heterocycles.